The second-order valence-corrected chi connectivity index (χ2v) is 11.0. The predicted octanol–water partition coefficient (Wildman–Crippen LogP) is 5.31. The van der Waals surface area contributed by atoms with Crippen LogP contribution in [0, 0.1) is 6.07 Å². The van der Waals surface area contributed by atoms with Crippen molar-refractivity contribution in [2.75, 3.05) is 25.0 Å². The molecule has 0 unspecified atom stereocenters. The highest BCUT2D eigenvalue weighted by molar-refractivity contribution is 7.89. The summed E-state index contributed by atoms with van der Waals surface area (Å²) in [5.74, 6) is -0.429. The first-order valence-electron chi connectivity index (χ1n) is 10.7. The van der Waals surface area contributed by atoms with Crippen molar-refractivity contribution in [1.82, 2.24) is 4.31 Å². The molecule has 6 nitrogen and oxygen atoms in total. The smallest absolute Gasteiger partial charge is 0.349 e. The minimum absolute atomic E-state index is 0.155. The van der Waals surface area contributed by atoms with Gasteiger partial charge in [-0.25, -0.2) is 13.2 Å². The van der Waals surface area contributed by atoms with Crippen molar-refractivity contribution in [3.63, 3.8) is 0 Å². The molecule has 1 aliphatic heterocycles. The van der Waals surface area contributed by atoms with Crippen molar-refractivity contribution >= 4 is 44.6 Å². The number of anilines is 1. The SMILES string of the molecule is CCOC(=O)c1[c]c(Cl)c(-c2cccc(NC3CCN(S(=O)(=O)c4ccccc4)CC3)c2)s1. The highest BCUT2D eigenvalue weighted by Crippen LogP contribution is 2.37. The van der Waals surface area contributed by atoms with E-state index in [1.54, 1.807) is 35.5 Å². The minimum atomic E-state index is -3.46. The van der Waals surface area contributed by atoms with Crippen molar-refractivity contribution in [2.45, 2.75) is 30.7 Å². The van der Waals surface area contributed by atoms with E-state index in [9.17, 15) is 13.2 Å². The van der Waals surface area contributed by atoms with Crippen LogP contribution in [0.4, 0.5) is 5.69 Å². The summed E-state index contributed by atoms with van der Waals surface area (Å²) >= 11 is 7.59. The molecule has 2 heterocycles. The Morgan fingerprint density at radius 1 is 1.18 bits per heavy atom. The molecule has 0 spiro atoms. The molecular formula is C24H24ClN2O4S2. The van der Waals surface area contributed by atoms with Gasteiger partial charge in [0, 0.05) is 30.9 Å². The lowest BCUT2D eigenvalue weighted by Gasteiger charge is -2.32. The predicted molar refractivity (Wildman–Crippen MR) is 131 cm³/mol. The zero-order chi connectivity index (χ0) is 23.4. The standard InChI is InChI=1S/C24H24ClN2O4S2/c1-2-31-24(28)22-16-21(25)23(32-22)17-7-6-8-19(15-17)26-18-11-13-27(14-12-18)33(29,30)20-9-4-3-5-10-20/h3-10,15,18,26H,2,11-14H2,1H3. The van der Waals surface area contributed by atoms with Gasteiger partial charge in [0.1, 0.15) is 4.88 Å². The first kappa shape index (κ1) is 23.8. The van der Waals surface area contributed by atoms with Crippen LogP contribution < -0.4 is 5.32 Å². The number of nitrogens with one attached hydrogen (secondary N) is 1. The first-order valence-corrected chi connectivity index (χ1v) is 13.3. The molecular weight excluding hydrogens is 480 g/mol. The summed E-state index contributed by atoms with van der Waals surface area (Å²) in [7, 11) is -3.46. The fraction of sp³-hybridized carbons (Fsp3) is 0.292. The summed E-state index contributed by atoms with van der Waals surface area (Å²) in [6, 6.07) is 19.4. The molecule has 1 aliphatic rings. The number of carbonyl (C=O) groups excluding carboxylic acids is 1. The van der Waals surface area contributed by atoms with Crippen LogP contribution in [0.15, 0.2) is 59.5 Å². The number of thiophene rings is 1. The van der Waals surface area contributed by atoms with E-state index in [1.165, 1.54) is 11.3 Å². The van der Waals surface area contributed by atoms with Crippen molar-refractivity contribution in [3.8, 4) is 10.4 Å². The number of carbonyl (C=O) groups is 1. The van der Waals surface area contributed by atoms with Crippen LogP contribution in [0.2, 0.25) is 5.02 Å². The molecule has 0 saturated carbocycles. The molecule has 1 aromatic heterocycles. The summed E-state index contributed by atoms with van der Waals surface area (Å²) < 4.78 is 32.3. The molecule has 3 aromatic rings. The Kier molecular flexibility index (Phi) is 7.38. The van der Waals surface area contributed by atoms with E-state index in [2.05, 4.69) is 11.4 Å². The molecule has 1 radical (unpaired) electrons. The number of sulfonamides is 1. The van der Waals surface area contributed by atoms with Gasteiger partial charge in [-0.05, 0) is 49.6 Å². The number of benzene rings is 2. The van der Waals surface area contributed by atoms with Gasteiger partial charge >= 0.3 is 5.97 Å². The summed E-state index contributed by atoms with van der Waals surface area (Å²) in [6.07, 6.45) is 1.41. The summed E-state index contributed by atoms with van der Waals surface area (Å²) in [5, 5.41) is 3.90. The van der Waals surface area contributed by atoms with E-state index in [-0.39, 0.29) is 6.04 Å². The number of esters is 1. The fourth-order valence-corrected chi connectivity index (χ4v) is 6.52. The molecule has 173 valence electrons. The van der Waals surface area contributed by atoms with Crippen LogP contribution in [0.5, 0.6) is 0 Å². The van der Waals surface area contributed by atoms with E-state index < -0.39 is 16.0 Å². The van der Waals surface area contributed by atoms with Crippen LogP contribution in [0.1, 0.15) is 29.4 Å². The number of nitrogens with zero attached hydrogens (tertiary/aromatic N) is 1. The molecule has 33 heavy (non-hydrogen) atoms. The summed E-state index contributed by atoms with van der Waals surface area (Å²) in [5.41, 5.74) is 1.80. The Morgan fingerprint density at radius 2 is 1.91 bits per heavy atom. The lowest BCUT2D eigenvalue weighted by molar-refractivity contribution is 0.0531. The average Bonchev–Trinajstić information content (AvgIpc) is 3.22. The molecule has 2 aromatic carbocycles. The molecule has 1 saturated heterocycles. The van der Waals surface area contributed by atoms with Crippen molar-refractivity contribution < 1.29 is 17.9 Å². The third-order valence-corrected chi connectivity index (χ3v) is 8.84. The van der Waals surface area contributed by atoms with Gasteiger partial charge in [-0.15, -0.1) is 11.3 Å². The second-order valence-electron chi connectivity index (χ2n) is 7.64. The van der Waals surface area contributed by atoms with Gasteiger partial charge < -0.3 is 10.1 Å². The number of hydrogen-bond acceptors (Lipinski definition) is 6. The van der Waals surface area contributed by atoms with Crippen molar-refractivity contribution in [3.05, 3.63) is 70.6 Å². The highest BCUT2D eigenvalue weighted by Gasteiger charge is 2.29. The Morgan fingerprint density at radius 3 is 2.61 bits per heavy atom. The van der Waals surface area contributed by atoms with Crippen LogP contribution in [0.3, 0.4) is 0 Å². The van der Waals surface area contributed by atoms with Gasteiger partial charge in [-0.1, -0.05) is 41.9 Å². The molecule has 1 fully saturated rings. The fourth-order valence-electron chi connectivity index (χ4n) is 3.77. The number of hydrogen-bond donors (Lipinski definition) is 1. The molecule has 0 amide bonds. The van der Waals surface area contributed by atoms with Gasteiger partial charge in [0.15, 0.2) is 0 Å². The second kappa shape index (κ2) is 10.3. The monoisotopic (exact) mass is 503 g/mol. The Bertz CT molecular complexity index is 1220. The Labute approximate surface area is 203 Å². The number of rotatable bonds is 7. The quantitative estimate of drug-likeness (QED) is 0.442. The molecule has 0 atom stereocenters. The minimum Gasteiger partial charge on any atom is -0.462 e. The lowest BCUT2D eigenvalue weighted by atomic mass is 10.1. The van der Waals surface area contributed by atoms with Gasteiger partial charge in [-0.3, -0.25) is 0 Å². The van der Waals surface area contributed by atoms with Gasteiger partial charge in [0.05, 0.1) is 21.4 Å². The third kappa shape index (κ3) is 5.41. The maximum Gasteiger partial charge on any atom is 0.349 e. The summed E-state index contributed by atoms with van der Waals surface area (Å²) in [4.78, 5) is 13.4. The number of ether oxygens (including phenoxy) is 1. The van der Waals surface area contributed by atoms with E-state index in [0.29, 0.717) is 47.3 Å². The van der Waals surface area contributed by atoms with Crippen LogP contribution in [0.25, 0.3) is 10.4 Å². The largest absolute Gasteiger partial charge is 0.462 e. The third-order valence-electron chi connectivity index (χ3n) is 5.42. The maximum atomic E-state index is 12.8. The van der Waals surface area contributed by atoms with Crippen LogP contribution in [-0.4, -0.2) is 44.4 Å². The molecule has 4 rings (SSSR count). The van der Waals surface area contributed by atoms with E-state index in [1.807, 2.05) is 30.3 Å². The zero-order valence-electron chi connectivity index (χ0n) is 18.1. The normalized spacial score (nSPS) is 15.3. The lowest BCUT2D eigenvalue weighted by Crippen LogP contribution is -2.42. The highest BCUT2D eigenvalue weighted by atomic mass is 35.5. The van der Waals surface area contributed by atoms with Crippen molar-refractivity contribution in [2.24, 2.45) is 0 Å². The maximum absolute atomic E-state index is 12.8. The molecule has 0 aliphatic carbocycles. The molecule has 0 bridgehead atoms. The molecule has 9 heteroatoms. The van der Waals surface area contributed by atoms with E-state index in [4.69, 9.17) is 16.3 Å². The van der Waals surface area contributed by atoms with Gasteiger partial charge in [-0.2, -0.15) is 4.31 Å². The van der Waals surface area contributed by atoms with Gasteiger partial charge in [0.25, 0.3) is 0 Å². The summed E-state index contributed by atoms with van der Waals surface area (Å²) in [6.45, 7) is 2.97. The van der Waals surface area contributed by atoms with E-state index in [0.717, 1.165) is 16.1 Å². The Hall–Kier alpha value is -2.39. The van der Waals surface area contributed by atoms with Gasteiger partial charge in [0.2, 0.25) is 10.0 Å². The first-order chi connectivity index (χ1) is 15.9. The Balaban J connectivity index is 1.42. The molecule has 1 N–H and O–H groups in total. The number of halogens is 1. The zero-order valence-corrected chi connectivity index (χ0v) is 20.5. The van der Waals surface area contributed by atoms with Crippen molar-refractivity contribution in [1.29, 1.82) is 0 Å². The average molecular weight is 504 g/mol. The van der Waals surface area contributed by atoms with Crippen LogP contribution in [-0.2, 0) is 14.8 Å². The number of piperidine rings is 1. The van der Waals surface area contributed by atoms with Crippen LogP contribution >= 0.6 is 22.9 Å². The topological polar surface area (TPSA) is 75.7 Å². The van der Waals surface area contributed by atoms with E-state index >= 15 is 0 Å².